The lowest BCUT2D eigenvalue weighted by Crippen LogP contribution is -2.01. The Morgan fingerprint density at radius 1 is 1.47 bits per heavy atom. The average molecular weight is 281 g/mol. The van der Waals surface area contributed by atoms with E-state index in [0.29, 0.717) is 17.1 Å². The first-order chi connectivity index (χ1) is 8.97. The largest absolute Gasteiger partial charge is 0.389 e. The van der Waals surface area contributed by atoms with Crippen molar-refractivity contribution >= 4 is 17.3 Å². The molecule has 100 valence electrons. The van der Waals surface area contributed by atoms with Crippen LogP contribution < -0.4 is 0 Å². The number of nitrogens with zero attached hydrogens (tertiary/aromatic N) is 2. The van der Waals surface area contributed by atoms with Crippen LogP contribution in [-0.2, 0) is 6.54 Å². The van der Waals surface area contributed by atoms with Gasteiger partial charge in [0.15, 0.2) is 0 Å². The van der Waals surface area contributed by atoms with Gasteiger partial charge in [0.05, 0.1) is 17.6 Å². The lowest BCUT2D eigenvalue weighted by molar-refractivity contribution is -0.385. The number of benzene rings is 1. The normalized spacial score (nSPS) is 12.4. The predicted molar refractivity (Wildman–Crippen MR) is 72.3 cm³/mol. The Kier molecular flexibility index (Phi) is 3.87. The van der Waals surface area contributed by atoms with E-state index in [0.717, 1.165) is 5.56 Å². The van der Waals surface area contributed by atoms with Crippen molar-refractivity contribution in [3.05, 3.63) is 62.9 Å². The van der Waals surface area contributed by atoms with E-state index in [1.807, 2.05) is 0 Å². The van der Waals surface area contributed by atoms with Crippen LogP contribution >= 0.6 is 11.6 Å². The van der Waals surface area contributed by atoms with Gasteiger partial charge in [-0.2, -0.15) is 0 Å². The Balaban J connectivity index is 2.29. The maximum absolute atomic E-state index is 11.0. The summed E-state index contributed by atoms with van der Waals surface area (Å²) in [6, 6.07) is 6.40. The van der Waals surface area contributed by atoms with Gasteiger partial charge in [-0.1, -0.05) is 11.6 Å². The molecule has 0 saturated heterocycles. The van der Waals surface area contributed by atoms with Crippen molar-refractivity contribution in [2.24, 2.45) is 0 Å². The summed E-state index contributed by atoms with van der Waals surface area (Å²) in [5, 5.41) is 20.8. The molecule has 1 aromatic heterocycles. The number of hydrogen-bond donors (Lipinski definition) is 1. The van der Waals surface area contributed by atoms with Gasteiger partial charge >= 0.3 is 0 Å². The Labute approximate surface area is 115 Å². The second kappa shape index (κ2) is 5.42. The average Bonchev–Trinajstić information content (AvgIpc) is 2.80. The number of nitro groups is 1. The van der Waals surface area contributed by atoms with E-state index in [1.165, 1.54) is 6.07 Å². The van der Waals surface area contributed by atoms with Crippen molar-refractivity contribution in [3.63, 3.8) is 0 Å². The zero-order valence-electron chi connectivity index (χ0n) is 10.3. The molecule has 2 rings (SSSR count). The summed E-state index contributed by atoms with van der Waals surface area (Å²) in [6.07, 6.45) is 2.99. The SMILES string of the molecule is CC(O)c1ccn(Cc2ccc(Cl)cc2[N+](=O)[O-])c1. The van der Waals surface area contributed by atoms with E-state index in [1.54, 1.807) is 42.1 Å². The molecule has 1 N–H and O–H groups in total. The van der Waals surface area contributed by atoms with Gasteiger partial charge in [-0.05, 0) is 30.7 Å². The maximum Gasteiger partial charge on any atom is 0.275 e. The second-order valence-corrected chi connectivity index (χ2v) is 4.76. The third kappa shape index (κ3) is 3.13. The number of hydrogen-bond acceptors (Lipinski definition) is 3. The van der Waals surface area contributed by atoms with Crippen LogP contribution in [0.1, 0.15) is 24.2 Å². The van der Waals surface area contributed by atoms with Gasteiger partial charge in [-0.3, -0.25) is 10.1 Å². The highest BCUT2D eigenvalue weighted by Crippen LogP contribution is 2.24. The third-order valence-electron chi connectivity index (χ3n) is 2.85. The monoisotopic (exact) mass is 280 g/mol. The summed E-state index contributed by atoms with van der Waals surface area (Å²) in [4.78, 5) is 10.5. The Bertz CT molecular complexity index is 608. The van der Waals surface area contributed by atoms with Crippen LogP contribution in [0.4, 0.5) is 5.69 Å². The minimum Gasteiger partial charge on any atom is -0.389 e. The number of nitro benzene ring substituents is 1. The first-order valence-corrected chi connectivity index (χ1v) is 6.11. The fourth-order valence-corrected chi connectivity index (χ4v) is 2.01. The van der Waals surface area contributed by atoms with E-state index in [-0.39, 0.29) is 5.69 Å². The van der Waals surface area contributed by atoms with Crippen LogP contribution in [0.15, 0.2) is 36.7 Å². The van der Waals surface area contributed by atoms with Crippen LogP contribution in [0, 0.1) is 10.1 Å². The van der Waals surface area contributed by atoms with Gasteiger partial charge in [0, 0.05) is 29.0 Å². The molecule has 1 unspecified atom stereocenters. The van der Waals surface area contributed by atoms with E-state index in [9.17, 15) is 15.2 Å². The van der Waals surface area contributed by atoms with E-state index >= 15 is 0 Å². The van der Waals surface area contributed by atoms with Gasteiger partial charge in [0.25, 0.3) is 5.69 Å². The van der Waals surface area contributed by atoms with Crippen LogP contribution in [0.3, 0.4) is 0 Å². The van der Waals surface area contributed by atoms with Crippen molar-refractivity contribution in [2.45, 2.75) is 19.6 Å². The molecule has 2 aromatic rings. The highest BCUT2D eigenvalue weighted by molar-refractivity contribution is 6.30. The van der Waals surface area contributed by atoms with Crippen molar-refractivity contribution in [2.75, 3.05) is 0 Å². The fourth-order valence-electron chi connectivity index (χ4n) is 1.84. The Morgan fingerprint density at radius 2 is 2.21 bits per heavy atom. The number of rotatable bonds is 4. The molecular formula is C13H13ClN2O3. The smallest absolute Gasteiger partial charge is 0.275 e. The summed E-state index contributed by atoms with van der Waals surface area (Å²) in [5.41, 5.74) is 1.35. The molecule has 0 spiro atoms. The van der Waals surface area contributed by atoms with Crippen LogP contribution in [0.5, 0.6) is 0 Å². The first-order valence-electron chi connectivity index (χ1n) is 5.74. The highest BCUT2D eigenvalue weighted by atomic mass is 35.5. The molecule has 0 amide bonds. The second-order valence-electron chi connectivity index (χ2n) is 4.32. The Hall–Kier alpha value is -1.85. The molecule has 0 saturated carbocycles. The Morgan fingerprint density at radius 3 is 2.79 bits per heavy atom. The lowest BCUT2D eigenvalue weighted by Gasteiger charge is -2.05. The lowest BCUT2D eigenvalue weighted by atomic mass is 10.2. The summed E-state index contributed by atoms with van der Waals surface area (Å²) < 4.78 is 1.79. The molecule has 0 fully saturated rings. The standard InChI is InChI=1S/C13H13ClN2O3/c1-9(17)10-4-5-15(7-10)8-11-2-3-12(14)6-13(11)16(18)19/h2-7,9,17H,8H2,1H3. The van der Waals surface area contributed by atoms with E-state index < -0.39 is 11.0 Å². The molecule has 1 heterocycles. The van der Waals surface area contributed by atoms with Gasteiger partial charge in [0.2, 0.25) is 0 Å². The first kappa shape index (κ1) is 13.6. The topological polar surface area (TPSA) is 68.3 Å². The minimum atomic E-state index is -0.554. The highest BCUT2D eigenvalue weighted by Gasteiger charge is 2.14. The van der Waals surface area contributed by atoms with Crippen molar-refractivity contribution < 1.29 is 10.0 Å². The van der Waals surface area contributed by atoms with Gasteiger partial charge in [-0.15, -0.1) is 0 Å². The zero-order valence-corrected chi connectivity index (χ0v) is 11.0. The van der Waals surface area contributed by atoms with E-state index in [4.69, 9.17) is 11.6 Å². The summed E-state index contributed by atoms with van der Waals surface area (Å²) in [5.74, 6) is 0. The molecule has 6 heteroatoms. The molecule has 5 nitrogen and oxygen atoms in total. The van der Waals surface area contributed by atoms with Gasteiger partial charge in [0.1, 0.15) is 0 Å². The number of halogens is 1. The summed E-state index contributed by atoms with van der Waals surface area (Å²) in [7, 11) is 0. The number of aliphatic hydroxyl groups is 1. The van der Waals surface area contributed by atoms with Crippen LogP contribution in [-0.4, -0.2) is 14.6 Å². The molecule has 1 atom stereocenters. The van der Waals surface area contributed by atoms with Crippen molar-refractivity contribution in [1.82, 2.24) is 4.57 Å². The molecule has 0 aliphatic carbocycles. The predicted octanol–water partition coefficient (Wildman–Crippen LogP) is 3.15. The molecule has 19 heavy (non-hydrogen) atoms. The third-order valence-corrected chi connectivity index (χ3v) is 3.09. The molecule has 1 aromatic carbocycles. The summed E-state index contributed by atoms with van der Waals surface area (Å²) in [6.45, 7) is 2.03. The molecular weight excluding hydrogens is 268 g/mol. The molecule has 0 aliphatic rings. The minimum absolute atomic E-state index is 0.000188. The molecule has 0 bridgehead atoms. The van der Waals surface area contributed by atoms with Crippen LogP contribution in [0.2, 0.25) is 5.02 Å². The van der Waals surface area contributed by atoms with Gasteiger partial charge in [-0.25, -0.2) is 0 Å². The fraction of sp³-hybridized carbons (Fsp3) is 0.231. The quantitative estimate of drug-likeness (QED) is 0.691. The van der Waals surface area contributed by atoms with Gasteiger partial charge < -0.3 is 9.67 Å². The zero-order chi connectivity index (χ0) is 14.0. The van der Waals surface area contributed by atoms with Crippen molar-refractivity contribution in [3.8, 4) is 0 Å². The number of aliphatic hydroxyl groups excluding tert-OH is 1. The molecule has 0 aliphatic heterocycles. The van der Waals surface area contributed by atoms with Crippen LogP contribution in [0.25, 0.3) is 0 Å². The van der Waals surface area contributed by atoms with E-state index in [2.05, 4.69) is 0 Å². The maximum atomic E-state index is 11.0. The molecule has 0 radical (unpaired) electrons. The number of aromatic nitrogens is 1. The summed E-state index contributed by atoms with van der Waals surface area (Å²) >= 11 is 5.77. The van der Waals surface area contributed by atoms with Crippen molar-refractivity contribution in [1.29, 1.82) is 0 Å².